The molecule has 0 unspecified atom stereocenters. The number of hydrogen-bond acceptors (Lipinski definition) is 3. The second-order valence-corrected chi connectivity index (χ2v) is 8.12. The van der Waals surface area contributed by atoms with Crippen molar-refractivity contribution in [1.82, 2.24) is 9.80 Å². The van der Waals surface area contributed by atoms with Gasteiger partial charge < -0.3 is 10.2 Å². The van der Waals surface area contributed by atoms with Gasteiger partial charge in [0.1, 0.15) is 12.1 Å². The number of urea groups is 1. The number of carbonyl (C=O) groups is 3. The second-order valence-electron chi connectivity index (χ2n) is 8.12. The lowest BCUT2D eigenvalue weighted by Gasteiger charge is -2.38. The van der Waals surface area contributed by atoms with Gasteiger partial charge in [-0.3, -0.25) is 14.5 Å². The lowest BCUT2D eigenvalue weighted by Crippen LogP contribution is -2.51. The van der Waals surface area contributed by atoms with Gasteiger partial charge in [-0.05, 0) is 43.2 Å². The molecule has 0 radical (unpaired) electrons. The highest BCUT2D eigenvalue weighted by Crippen LogP contribution is 2.40. The van der Waals surface area contributed by atoms with Crippen LogP contribution in [-0.4, -0.2) is 46.3 Å². The van der Waals surface area contributed by atoms with Crippen LogP contribution in [0.4, 0.5) is 10.5 Å². The summed E-state index contributed by atoms with van der Waals surface area (Å²) in [6, 6.07) is 5.69. The van der Waals surface area contributed by atoms with Gasteiger partial charge in [-0.2, -0.15) is 0 Å². The summed E-state index contributed by atoms with van der Waals surface area (Å²) in [4.78, 5) is 42.1. The number of hydrogen-bond donors (Lipinski definition) is 1. The van der Waals surface area contributed by atoms with Crippen LogP contribution in [0.1, 0.15) is 70.4 Å². The molecule has 0 bridgehead atoms. The minimum Gasteiger partial charge on any atom is -0.324 e. The minimum absolute atomic E-state index is 0.190. The Labute approximate surface area is 173 Å². The van der Waals surface area contributed by atoms with E-state index in [2.05, 4.69) is 5.32 Å². The van der Waals surface area contributed by atoms with Gasteiger partial charge in [0, 0.05) is 12.2 Å². The molecule has 2 fully saturated rings. The van der Waals surface area contributed by atoms with Crippen LogP contribution in [0.15, 0.2) is 18.2 Å². The topological polar surface area (TPSA) is 69.7 Å². The van der Waals surface area contributed by atoms with E-state index in [-0.39, 0.29) is 24.4 Å². The normalized spacial score (nSPS) is 18.6. The largest absolute Gasteiger partial charge is 0.328 e. The number of aryl methyl sites for hydroxylation is 2. The lowest BCUT2D eigenvalue weighted by atomic mass is 9.80. The molecule has 1 spiro atoms. The Kier molecular flexibility index (Phi) is 6.60. The first-order valence-corrected chi connectivity index (χ1v) is 11.0. The van der Waals surface area contributed by atoms with Crippen LogP contribution in [0.3, 0.4) is 0 Å². The molecular weight excluding hydrogens is 366 g/mol. The van der Waals surface area contributed by atoms with Crippen LogP contribution in [0, 0.1) is 0 Å². The summed E-state index contributed by atoms with van der Waals surface area (Å²) in [5.41, 5.74) is 2.21. The summed E-state index contributed by atoms with van der Waals surface area (Å²) in [5.74, 6) is -0.503. The van der Waals surface area contributed by atoms with Crippen molar-refractivity contribution < 1.29 is 14.4 Å². The first-order chi connectivity index (χ1) is 14.0. The quantitative estimate of drug-likeness (QED) is 0.701. The predicted octanol–water partition coefficient (Wildman–Crippen LogP) is 4.13. The maximum atomic E-state index is 13.3. The zero-order valence-electron chi connectivity index (χ0n) is 17.9. The minimum atomic E-state index is -0.735. The van der Waals surface area contributed by atoms with E-state index in [1.807, 2.05) is 39.0 Å². The molecule has 1 saturated carbocycles. The highest BCUT2D eigenvalue weighted by atomic mass is 16.2. The Morgan fingerprint density at radius 2 is 1.66 bits per heavy atom. The fourth-order valence-electron chi connectivity index (χ4n) is 4.80. The van der Waals surface area contributed by atoms with E-state index in [0.717, 1.165) is 55.3 Å². The molecule has 3 rings (SSSR count). The average molecular weight is 400 g/mol. The van der Waals surface area contributed by atoms with Crippen LogP contribution >= 0.6 is 0 Å². The van der Waals surface area contributed by atoms with E-state index in [4.69, 9.17) is 0 Å². The summed E-state index contributed by atoms with van der Waals surface area (Å²) in [6.45, 7) is 6.45. The van der Waals surface area contributed by atoms with Crippen molar-refractivity contribution in [2.24, 2.45) is 0 Å². The van der Waals surface area contributed by atoms with Gasteiger partial charge in [-0.25, -0.2) is 4.79 Å². The summed E-state index contributed by atoms with van der Waals surface area (Å²) in [7, 11) is 0. The van der Waals surface area contributed by atoms with Crippen LogP contribution < -0.4 is 5.32 Å². The SMILES string of the molecule is CCCN1C(=O)N(CC(=O)Nc2c(CC)cccc2CC)C(=O)C12CCCCC2. The van der Waals surface area contributed by atoms with Crippen molar-refractivity contribution in [3.8, 4) is 0 Å². The van der Waals surface area contributed by atoms with Gasteiger partial charge in [-0.15, -0.1) is 0 Å². The van der Waals surface area contributed by atoms with Gasteiger partial charge >= 0.3 is 6.03 Å². The Hall–Kier alpha value is -2.37. The molecule has 1 aliphatic heterocycles. The number of benzene rings is 1. The molecule has 6 heteroatoms. The summed E-state index contributed by atoms with van der Waals surface area (Å²) >= 11 is 0. The van der Waals surface area contributed by atoms with Crippen molar-refractivity contribution in [2.45, 2.75) is 77.7 Å². The highest BCUT2D eigenvalue weighted by molar-refractivity contribution is 6.10. The van der Waals surface area contributed by atoms with Crippen LogP contribution in [0.2, 0.25) is 0 Å². The number of anilines is 1. The van der Waals surface area contributed by atoms with E-state index in [0.29, 0.717) is 19.4 Å². The number of imide groups is 1. The second kappa shape index (κ2) is 8.97. The smallest absolute Gasteiger partial charge is 0.324 e. The Balaban J connectivity index is 1.80. The van der Waals surface area contributed by atoms with Gasteiger partial charge in [0.05, 0.1) is 0 Å². The average Bonchev–Trinajstić information content (AvgIpc) is 2.91. The number of para-hydroxylation sites is 1. The van der Waals surface area contributed by atoms with Crippen molar-refractivity contribution in [1.29, 1.82) is 0 Å². The number of rotatable bonds is 7. The van der Waals surface area contributed by atoms with E-state index in [9.17, 15) is 14.4 Å². The molecule has 1 heterocycles. The van der Waals surface area contributed by atoms with E-state index in [1.165, 1.54) is 4.90 Å². The van der Waals surface area contributed by atoms with Gasteiger partial charge in [0.15, 0.2) is 0 Å². The van der Waals surface area contributed by atoms with Crippen molar-refractivity contribution in [3.05, 3.63) is 29.3 Å². The zero-order chi connectivity index (χ0) is 21.0. The van der Waals surface area contributed by atoms with Crippen LogP contribution in [0.5, 0.6) is 0 Å². The molecule has 0 atom stereocenters. The molecular formula is C23H33N3O3. The lowest BCUT2D eigenvalue weighted by molar-refractivity contribution is -0.136. The number of nitrogens with one attached hydrogen (secondary N) is 1. The molecule has 158 valence electrons. The van der Waals surface area contributed by atoms with E-state index >= 15 is 0 Å². The molecule has 1 saturated heterocycles. The summed E-state index contributed by atoms with van der Waals surface area (Å²) in [6.07, 6.45) is 6.80. The Morgan fingerprint density at radius 3 is 2.21 bits per heavy atom. The first-order valence-electron chi connectivity index (χ1n) is 11.0. The third kappa shape index (κ3) is 3.89. The summed E-state index contributed by atoms with van der Waals surface area (Å²) in [5, 5.41) is 2.98. The molecule has 6 nitrogen and oxygen atoms in total. The third-order valence-corrected chi connectivity index (χ3v) is 6.31. The fourth-order valence-corrected chi connectivity index (χ4v) is 4.80. The molecule has 1 aromatic rings. The maximum absolute atomic E-state index is 13.3. The van der Waals surface area contributed by atoms with Gasteiger partial charge in [-0.1, -0.05) is 58.2 Å². The third-order valence-electron chi connectivity index (χ3n) is 6.31. The molecule has 4 amide bonds. The van der Waals surface area contributed by atoms with E-state index < -0.39 is 5.54 Å². The number of nitrogens with zero attached hydrogens (tertiary/aromatic N) is 2. The number of amides is 4. The highest BCUT2D eigenvalue weighted by Gasteiger charge is 2.57. The van der Waals surface area contributed by atoms with Crippen molar-refractivity contribution in [3.63, 3.8) is 0 Å². The van der Waals surface area contributed by atoms with E-state index in [1.54, 1.807) is 4.90 Å². The van der Waals surface area contributed by atoms with Crippen molar-refractivity contribution >= 4 is 23.5 Å². The van der Waals surface area contributed by atoms with Gasteiger partial charge in [0.25, 0.3) is 5.91 Å². The molecule has 2 aliphatic rings. The Morgan fingerprint density at radius 1 is 1.03 bits per heavy atom. The maximum Gasteiger partial charge on any atom is 0.328 e. The number of carbonyl (C=O) groups excluding carboxylic acids is 3. The molecule has 0 aromatic heterocycles. The Bertz CT molecular complexity index is 761. The molecule has 1 aliphatic carbocycles. The molecule has 1 N–H and O–H groups in total. The van der Waals surface area contributed by atoms with Crippen LogP contribution in [0.25, 0.3) is 0 Å². The van der Waals surface area contributed by atoms with Gasteiger partial charge in [0.2, 0.25) is 5.91 Å². The van der Waals surface area contributed by atoms with Crippen molar-refractivity contribution in [2.75, 3.05) is 18.4 Å². The standard InChI is InChI=1S/C23H33N3O3/c1-4-15-26-22(29)25(21(28)23(26)13-8-7-9-14-23)16-19(27)24-20-17(5-2)11-10-12-18(20)6-3/h10-12H,4-9,13-16H2,1-3H3,(H,24,27). The zero-order valence-corrected chi connectivity index (χ0v) is 17.9. The monoisotopic (exact) mass is 399 g/mol. The molecule has 1 aromatic carbocycles. The predicted molar refractivity (Wildman–Crippen MR) is 114 cm³/mol. The first kappa shape index (κ1) is 21.3. The molecule has 29 heavy (non-hydrogen) atoms. The fraction of sp³-hybridized carbons (Fsp3) is 0.609. The van der Waals surface area contributed by atoms with Crippen LogP contribution in [-0.2, 0) is 22.4 Å². The summed E-state index contributed by atoms with van der Waals surface area (Å²) < 4.78 is 0.